The predicted molar refractivity (Wildman–Crippen MR) is 232 cm³/mol. The second-order valence-electron chi connectivity index (χ2n) is 15.9. The number of hydrogen-bond donors (Lipinski definition) is 2. The zero-order valence-electron chi connectivity index (χ0n) is 32.3. The second-order valence-corrected chi connectivity index (χ2v) is 26.6. The van der Waals surface area contributed by atoms with Crippen LogP contribution in [0.25, 0.3) is 11.1 Å². The summed E-state index contributed by atoms with van der Waals surface area (Å²) in [5.41, 5.74) is 16.0. The number of amides is 1. The molecule has 0 bridgehead atoms. The highest BCUT2D eigenvalue weighted by Crippen LogP contribution is 2.49. The molecule has 5 nitrogen and oxygen atoms in total. The van der Waals surface area contributed by atoms with Gasteiger partial charge in [-0.15, -0.1) is 22.8 Å². The van der Waals surface area contributed by atoms with E-state index in [-0.39, 0.29) is 18.3 Å². The van der Waals surface area contributed by atoms with E-state index in [9.17, 15) is 14.7 Å². The molecular formula is C47H47NO4SSi2. The minimum atomic E-state index is -1.61. The Morgan fingerprint density at radius 3 is 1.49 bits per heavy atom. The fourth-order valence-electron chi connectivity index (χ4n) is 6.71. The van der Waals surface area contributed by atoms with Gasteiger partial charge < -0.3 is 15.2 Å². The van der Waals surface area contributed by atoms with Crippen LogP contribution in [0.4, 0.5) is 4.79 Å². The number of nitrogens with one attached hydrogen (secondary N) is 1. The van der Waals surface area contributed by atoms with Crippen molar-refractivity contribution in [3.63, 3.8) is 0 Å². The van der Waals surface area contributed by atoms with Crippen LogP contribution in [0.1, 0.15) is 44.9 Å². The van der Waals surface area contributed by atoms with Crippen molar-refractivity contribution in [1.82, 2.24) is 5.32 Å². The third kappa shape index (κ3) is 9.52. The lowest BCUT2D eigenvalue weighted by Crippen LogP contribution is -2.44. The van der Waals surface area contributed by atoms with E-state index in [2.05, 4.69) is 140 Å². The van der Waals surface area contributed by atoms with E-state index in [1.807, 2.05) is 54.6 Å². The summed E-state index contributed by atoms with van der Waals surface area (Å²) in [4.78, 5) is 26.4. The molecule has 0 radical (unpaired) electrons. The SMILES string of the molecule is C[Si](C)(C)C#Cc1ccc2c(c1)C(COC(=O)N[C@@H](CSC(c1ccccc1)(c1ccccc1)c1ccccc1)C(=O)O)c1cc(C#C[Si](C)(C)C)ccc1-2. The first-order valence-corrected chi connectivity index (χ1v) is 26.5. The van der Waals surface area contributed by atoms with Crippen LogP contribution in [0, 0.1) is 22.9 Å². The summed E-state index contributed by atoms with van der Waals surface area (Å²) in [5, 5.41) is 13.1. The standard InChI is InChI=1S/C47H47NO4SSi2/c1-54(2,3)28-26-34-22-24-39-40-25-23-35(27-29-55(4,5)6)31-42(40)43(41(39)30-34)32-52-46(51)48-44(45(49)50)33-53-47(36-16-10-7-11-17-36,37-18-12-8-13-19-37)38-20-14-9-15-21-38/h7-25,30-31,43-44H,32-33H2,1-6H3,(H,48,51)(H,49,50)/t44-/m0/s1. The minimum absolute atomic E-state index is 0.0309. The summed E-state index contributed by atoms with van der Waals surface area (Å²) >= 11 is 1.48. The molecule has 5 aromatic carbocycles. The van der Waals surface area contributed by atoms with Crippen LogP contribution in [0.5, 0.6) is 0 Å². The molecule has 1 amide bonds. The molecule has 0 saturated carbocycles. The molecule has 0 heterocycles. The van der Waals surface area contributed by atoms with E-state index in [1.165, 1.54) is 11.8 Å². The molecule has 0 aromatic heterocycles. The molecule has 0 fully saturated rings. The molecule has 6 rings (SSSR count). The van der Waals surface area contributed by atoms with Crippen molar-refractivity contribution in [1.29, 1.82) is 0 Å². The summed E-state index contributed by atoms with van der Waals surface area (Å²) in [5.74, 6) is 5.44. The molecule has 8 heteroatoms. The molecule has 0 aliphatic heterocycles. The third-order valence-corrected chi connectivity index (χ3v) is 12.7. The summed E-state index contributed by atoms with van der Waals surface area (Å²) < 4.78 is 5.19. The van der Waals surface area contributed by atoms with Crippen molar-refractivity contribution >= 4 is 40.0 Å². The molecular weight excluding hydrogens is 731 g/mol. The van der Waals surface area contributed by atoms with Gasteiger partial charge >= 0.3 is 12.1 Å². The maximum Gasteiger partial charge on any atom is 0.407 e. The van der Waals surface area contributed by atoms with E-state index in [0.29, 0.717) is 0 Å². The summed E-state index contributed by atoms with van der Waals surface area (Å²) in [6, 6.07) is 41.5. The molecule has 0 unspecified atom stereocenters. The van der Waals surface area contributed by atoms with Crippen LogP contribution in [0.15, 0.2) is 127 Å². The van der Waals surface area contributed by atoms with Crippen LogP contribution in [0.2, 0.25) is 39.3 Å². The lowest BCUT2D eigenvalue weighted by atomic mass is 9.84. The highest BCUT2D eigenvalue weighted by Gasteiger charge is 2.39. The Hall–Kier alpha value is -5.26. The number of fused-ring (bicyclic) bond motifs is 3. The number of carboxylic acids is 1. The Morgan fingerprint density at radius 1 is 0.691 bits per heavy atom. The van der Waals surface area contributed by atoms with Gasteiger partial charge in [0.25, 0.3) is 0 Å². The predicted octanol–water partition coefficient (Wildman–Crippen LogP) is 10.2. The maximum absolute atomic E-state index is 13.6. The molecule has 1 aliphatic rings. The van der Waals surface area contributed by atoms with Gasteiger partial charge in [-0.1, -0.05) is 154 Å². The van der Waals surface area contributed by atoms with Gasteiger partial charge in [0.05, 0.1) is 4.75 Å². The van der Waals surface area contributed by atoms with Gasteiger partial charge in [-0.05, 0) is 63.2 Å². The van der Waals surface area contributed by atoms with E-state index in [1.54, 1.807) is 0 Å². The lowest BCUT2D eigenvalue weighted by molar-refractivity contribution is -0.138. The van der Waals surface area contributed by atoms with E-state index < -0.39 is 39.0 Å². The van der Waals surface area contributed by atoms with Gasteiger partial charge in [-0.2, -0.15) is 0 Å². The van der Waals surface area contributed by atoms with Gasteiger partial charge in [0, 0.05) is 22.8 Å². The van der Waals surface area contributed by atoms with Crippen LogP contribution >= 0.6 is 11.8 Å². The van der Waals surface area contributed by atoms with Gasteiger partial charge in [0.15, 0.2) is 0 Å². The van der Waals surface area contributed by atoms with Gasteiger partial charge in [-0.3, -0.25) is 0 Å². The smallest absolute Gasteiger partial charge is 0.407 e. The summed E-state index contributed by atoms with van der Waals surface area (Å²) in [7, 11) is -3.22. The highest BCUT2D eigenvalue weighted by atomic mass is 32.2. The number of carbonyl (C=O) groups excluding carboxylic acids is 1. The third-order valence-electron chi connectivity index (χ3n) is 9.29. The van der Waals surface area contributed by atoms with Crippen LogP contribution in [-0.2, 0) is 14.3 Å². The first-order chi connectivity index (χ1) is 26.2. The van der Waals surface area contributed by atoms with Crippen molar-refractivity contribution in [2.45, 2.75) is 56.0 Å². The quantitative estimate of drug-likeness (QED) is 0.0839. The van der Waals surface area contributed by atoms with E-state index >= 15 is 0 Å². The van der Waals surface area contributed by atoms with Gasteiger partial charge in [0.1, 0.15) is 28.8 Å². The Morgan fingerprint density at radius 2 is 1.11 bits per heavy atom. The molecule has 0 spiro atoms. The fourth-order valence-corrected chi connectivity index (χ4v) is 9.30. The number of ether oxygens (including phenoxy) is 1. The first kappa shape index (κ1) is 39.4. The Bertz CT molecular complexity index is 2120. The number of hydrogen-bond acceptors (Lipinski definition) is 4. The zero-order valence-corrected chi connectivity index (χ0v) is 35.1. The number of alkyl carbamates (subject to hydrolysis) is 1. The fraction of sp³-hybridized carbons (Fsp3) is 0.234. The van der Waals surface area contributed by atoms with E-state index in [4.69, 9.17) is 4.74 Å². The zero-order chi connectivity index (χ0) is 39.2. The number of rotatable bonds is 10. The number of aliphatic carboxylic acids is 1. The van der Waals surface area contributed by atoms with Crippen molar-refractivity contribution in [3.8, 4) is 34.1 Å². The molecule has 0 saturated heterocycles. The van der Waals surface area contributed by atoms with Crippen molar-refractivity contribution in [3.05, 3.63) is 166 Å². The van der Waals surface area contributed by atoms with Crippen LogP contribution < -0.4 is 5.32 Å². The Balaban J connectivity index is 1.27. The number of thioether (sulfide) groups is 1. The molecule has 278 valence electrons. The summed E-state index contributed by atoms with van der Waals surface area (Å²) in [6.07, 6.45) is -0.780. The van der Waals surface area contributed by atoms with Gasteiger partial charge in [0.2, 0.25) is 0 Å². The molecule has 55 heavy (non-hydrogen) atoms. The normalized spacial score (nSPS) is 12.9. The molecule has 2 N–H and O–H groups in total. The molecule has 5 aromatic rings. The Kier molecular flexibility index (Phi) is 11.9. The van der Waals surface area contributed by atoms with Crippen LogP contribution in [0.3, 0.4) is 0 Å². The summed E-state index contributed by atoms with van der Waals surface area (Å²) in [6.45, 7) is 13.3. The average Bonchev–Trinajstić information content (AvgIpc) is 3.47. The van der Waals surface area contributed by atoms with Crippen LogP contribution in [-0.4, -0.2) is 51.7 Å². The lowest BCUT2D eigenvalue weighted by Gasteiger charge is -2.36. The van der Waals surface area contributed by atoms with Crippen molar-refractivity contribution in [2.24, 2.45) is 0 Å². The number of benzene rings is 5. The van der Waals surface area contributed by atoms with E-state index in [0.717, 1.165) is 50.1 Å². The average molecular weight is 778 g/mol. The highest BCUT2D eigenvalue weighted by molar-refractivity contribution is 8.00. The molecule has 1 atom stereocenters. The topological polar surface area (TPSA) is 75.6 Å². The number of carboxylic acid groups (broad SMARTS) is 1. The second kappa shape index (κ2) is 16.6. The largest absolute Gasteiger partial charge is 0.480 e. The maximum atomic E-state index is 13.6. The minimum Gasteiger partial charge on any atom is -0.480 e. The van der Waals surface area contributed by atoms with Gasteiger partial charge in [-0.25, -0.2) is 9.59 Å². The monoisotopic (exact) mass is 777 g/mol. The molecule has 1 aliphatic carbocycles. The van der Waals surface area contributed by atoms with Crippen molar-refractivity contribution < 1.29 is 19.4 Å². The first-order valence-electron chi connectivity index (χ1n) is 18.5. The number of carbonyl (C=O) groups is 2. The van der Waals surface area contributed by atoms with Crippen molar-refractivity contribution in [2.75, 3.05) is 12.4 Å². The Labute approximate surface area is 332 Å².